The van der Waals surface area contributed by atoms with Crippen molar-refractivity contribution < 1.29 is 9.66 Å². The number of hydrogen-bond acceptors (Lipinski definition) is 3. The molecule has 2 rings (SSSR count). The van der Waals surface area contributed by atoms with E-state index in [1.165, 1.54) is 6.07 Å². The molecule has 0 radical (unpaired) electrons. The van der Waals surface area contributed by atoms with Gasteiger partial charge in [-0.25, -0.2) is 0 Å². The average Bonchev–Trinajstić information content (AvgIpc) is 2.43. The van der Waals surface area contributed by atoms with Crippen molar-refractivity contribution in [3.05, 3.63) is 68.2 Å². The molecule has 0 aliphatic carbocycles. The zero-order chi connectivity index (χ0) is 14.5. The number of ether oxygens (including phenoxy) is 1. The van der Waals surface area contributed by atoms with Gasteiger partial charge in [-0.15, -0.1) is 0 Å². The third-order valence-electron chi connectivity index (χ3n) is 2.96. The number of nitrogens with zero attached hydrogens (tertiary/aromatic N) is 1. The molecule has 104 valence electrons. The van der Waals surface area contributed by atoms with E-state index in [2.05, 4.69) is 15.9 Å². The molecule has 0 aliphatic rings. The molecule has 0 spiro atoms. The minimum absolute atomic E-state index is 0.142. The Morgan fingerprint density at radius 3 is 2.70 bits per heavy atom. The molecule has 0 aliphatic heterocycles. The number of nitro benzene ring substituents is 1. The number of benzene rings is 2. The summed E-state index contributed by atoms with van der Waals surface area (Å²) in [4.78, 5) is 10.5. The summed E-state index contributed by atoms with van der Waals surface area (Å²) in [6.45, 7) is 2.39. The van der Waals surface area contributed by atoms with Crippen LogP contribution in [0.4, 0.5) is 5.69 Å². The van der Waals surface area contributed by atoms with Crippen molar-refractivity contribution >= 4 is 21.6 Å². The summed E-state index contributed by atoms with van der Waals surface area (Å²) in [6, 6.07) is 12.5. The Kier molecular flexibility index (Phi) is 4.74. The van der Waals surface area contributed by atoms with Gasteiger partial charge in [-0.05, 0) is 30.7 Å². The highest BCUT2D eigenvalue weighted by Crippen LogP contribution is 2.22. The lowest BCUT2D eigenvalue weighted by molar-refractivity contribution is -0.385. The predicted octanol–water partition coefficient (Wildman–Crippen LogP) is 4.29. The molecule has 0 unspecified atom stereocenters. The molecule has 0 saturated carbocycles. The number of halogens is 1. The maximum Gasteiger partial charge on any atom is 0.272 e. The van der Waals surface area contributed by atoms with E-state index >= 15 is 0 Å². The molecule has 0 heterocycles. The second-order valence-corrected chi connectivity index (χ2v) is 5.25. The first-order chi connectivity index (χ1) is 9.58. The van der Waals surface area contributed by atoms with Gasteiger partial charge in [0.25, 0.3) is 5.69 Å². The standard InChI is InChI=1S/C15H14BrNO3/c1-11-10-13(6-7-14(11)16)20-9-8-12-4-2-3-5-15(12)17(18)19/h2-7,10H,8-9H2,1H3. The molecule has 4 nitrogen and oxygen atoms in total. The number of hydrogen-bond donors (Lipinski definition) is 0. The lowest BCUT2D eigenvalue weighted by Gasteiger charge is -2.08. The zero-order valence-corrected chi connectivity index (χ0v) is 12.6. The molecule has 0 N–H and O–H groups in total. The van der Waals surface area contributed by atoms with Crippen LogP contribution in [-0.2, 0) is 6.42 Å². The molecular weight excluding hydrogens is 322 g/mol. The average molecular weight is 336 g/mol. The Bertz CT molecular complexity index is 628. The Labute approximate surface area is 125 Å². The van der Waals surface area contributed by atoms with E-state index in [1.54, 1.807) is 18.2 Å². The molecule has 0 amide bonds. The first kappa shape index (κ1) is 14.5. The third kappa shape index (κ3) is 3.57. The van der Waals surface area contributed by atoms with Gasteiger partial charge in [-0.3, -0.25) is 10.1 Å². The van der Waals surface area contributed by atoms with Crippen LogP contribution in [0, 0.1) is 17.0 Å². The lowest BCUT2D eigenvalue weighted by Crippen LogP contribution is -2.04. The summed E-state index contributed by atoms with van der Waals surface area (Å²) in [5.74, 6) is 0.768. The molecule has 2 aromatic rings. The van der Waals surface area contributed by atoms with Crippen molar-refractivity contribution in [3.63, 3.8) is 0 Å². The zero-order valence-electron chi connectivity index (χ0n) is 11.0. The highest BCUT2D eigenvalue weighted by Gasteiger charge is 2.11. The van der Waals surface area contributed by atoms with E-state index in [9.17, 15) is 10.1 Å². The fraction of sp³-hybridized carbons (Fsp3) is 0.200. The molecule has 0 saturated heterocycles. The van der Waals surface area contributed by atoms with Crippen LogP contribution in [0.15, 0.2) is 46.9 Å². The second kappa shape index (κ2) is 6.52. The molecule has 0 atom stereocenters. The molecule has 2 aromatic carbocycles. The van der Waals surface area contributed by atoms with E-state index in [0.717, 1.165) is 15.8 Å². The van der Waals surface area contributed by atoms with Crippen LogP contribution >= 0.6 is 15.9 Å². The van der Waals surface area contributed by atoms with E-state index < -0.39 is 0 Å². The first-order valence-electron chi connectivity index (χ1n) is 6.19. The van der Waals surface area contributed by atoms with E-state index in [-0.39, 0.29) is 10.6 Å². The maximum absolute atomic E-state index is 10.9. The van der Waals surface area contributed by atoms with Gasteiger partial charge >= 0.3 is 0 Å². The monoisotopic (exact) mass is 335 g/mol. The topological polar surface area (TPSA) is 52.4 Å². The largest absolute Gasteiger partial charge is 0.493 e. The van der Waals surface area contributed by atoms with Crippen molar-refractivity contribution in [2.24, 2.45) is 0 Å². The van der Waals surface area contributed by atoms with Gasteiger partial charge in [0, 0.05) is 22.5 Å². The fourth-order valence-corrected chi connectivity index (χ4v) is 2.13. The van der Waals surface area contributed by atoms with Gasteiger partial charge < -0.3 is 4.74 Å². The van der Waals surface area contributed by atoms with Crippen molar-refractivity contribution in [1.82, 2.24) is 0 Å². The van der Waals surface area contributed by atoms with Gasteiger partial charge in [0.1, 0.15) is 5.75 Å². The molecule has 20 heavy (non-hydrogen) atoms. The fourth-order valence-electron chi connectivity index (χ4n) is 1.89. The van der Waals surface area contributed by atoms with E-state index in [4.69, 9.17) is 4.74 Å². The van der Waals surface area contributed by atoms with Crippen LogP contribution in [0.5, 0.6) is 5.75 Å². The Morgan fingerprint density at radius 1 is 1.25 bits per heavy atom. The Hall–Kier alpha value is -1.88. The van der Waals surface area contributed by atoms with Crippen molar-refractivity contribution in [1.29, 1.82) is 0 Å². The summed E-state index contributed by atoms with van der Waals surface area (Å²) in [5.41, 5.74) is 1.92. The quantitative estimate of drug-likeness (QED) is 0.605. The number of rotatable bonds is 5. The van der Waals surface area contributed by atoms with Crippen LogP contribution in [0.25, 0.3) is 0 Å². The van der Waals surface area contributed by atoms with Crippen LogP contribution in [0.2, 0.25) is 0 Å². The molecule has 0 aromatic heterocycles. The van der Waals surface area contributed by atoms with Crippen LogP contribution in [-0.4, -0.2) is 11.5 Å². The van der Waals surface area contributed by atoms with Crippen molar-refractivity contribution in [3.8, 4) is 5.75 Å². The van der Waals surface area contributed by atoms with Crippen molar-refractivity contribution in [2.75, 3.05) is 6.61 Å². The number of aryl methyl sites for hydroxylation is 1. The summed E-state index contributed by atoms with van der Waals surface area (Å²) in [5, 5.41) is 10.9. The lowest BCUT2D eigenvalue weighted by atomic mass is 10.1. The molecule has 0 bridgehead atoms. The van der Waals surface area contributed by atoms with Gasteiger partial charge in [0.2, 0.25) is 0 Å². The Morgan fingerprint density at radius 2 is 2.00 bits per heavy atom. The highest BCUT2D eigenvalue weighted by atomic mass is 79.9. The minimum atomic E-state index is -0.362. The summed E-state index contributed by atoms with van der Waals surface area (Å²) in [6.07, 6.45) is 0.506. The summed E-state index contributed by atoms with van der Waals surface area (Å²) in [7, 11) is 0. The third-order valence-corrected chi connectivity index (χ3v) is 3.85. The summed E-state index contributed by atoms with van der Waals surface area (Å²) < 4.78 is 6.67. The summed E-state index contributed by atoms with van der Waals surface area (Å²) >= 11 is 3.43. The molecular formula is C15H14BrNO3. The Balaban J connectivity index is 1.99. The van der Waals surface area contributed by atoms with Gasteiger partial charge in [-0.1, -0.05) is 34.1 Å². The van der Waals surface area contributed by atoms with Crippen LogP contribution in [0.3, 0.4) is 0 Å². The van der Waals surface area contributed by atoms with Crippen LogP contribution < -0.4 is 4.74 Å². The van der Waals surface area contributed by atoms with Gasteiger partial charge in [0.05, 0.1) is 11.5 Å². The normalized spacial score (nSPS) is 10.3. The first-order valence-corrected chi connectivity index (χ1v) is 6.98. The minimum Gasteiger partial charge on any atom is -0.493 e. The number of nitro groups is 1. The van der Waals surface area contributed by atoms with E-state index in [0.29, 0.717) is 18.6 Å². The van der Waals surface area contributed by atoms with Crippen molar-refractivity contribution in [2.45, 2.75) is 13.3 Å². The maximum atomic E-state index is 10.9. The van der Waals surface area contributed by atoms with Gasteiger partial charge in [0.15, 0.2) is 0 Å². The molecule has 0 fully saturated rings. The van der Waals surface area contributed by atoms with Crippen LogP contribution in [0.1, 0.15) is 11.1 Å². The van der Waals surface area contributed by atoms with Gasteiger partial charge in [-0.2, -0.15) is 0 Å². The molecule has 5 heteroatoms. The predicted molar refractivity (Wildman–Crippen MR) is 81.2 cm³/mol. The number of para-hydroxylation sites is 1. The van der Waals surface area contributed by atoms with E-state index in [1.807, 2.05) is 25.1 Å². The SMILES string of the molecule is Cc1cc(OCCc2ccccc2[N+](=O)[O-])ccc1Br. The highest BCUT2D eigenvalue weighted by molar-refractivity contribution is 9.10. The smallest absolute Gasteiger partial charge is 0.272 e. The second-order valence-electron chi connectivity index (χ2n) is 4.40.